The predicted molar refractivity (Wildman–Crippen MR) is 57.6 cm³/mol. The van der Waals surface area contributed by atoms with Crippen molar-refractivity contribution >= 4 is 0 Å². The molecule has 2 fully saturated rings. The third-order valence-corrected chi connectivity index (χ3v) is 4.84. The Morgan fingerprint density at radius 1 is 1.08 bits per heavy atom. The van der Waals surface area contributed by atoms with Crippen molar-refractivity contribution in [3.63, 3.8) is 0 Å². The van der Waals surface area contributed by atoms with Crippen molar-refractivity contribution in [2.45, 2.75) is 53.4 Å². The molecule has 0 heteroatoms. The molecule has 2 rings (SSSR count). The monoisotopic (exact) mass is 180 g/mol. The number of hydrogen-bond acceptors (Lipinski definition) is 0. The molecule has 0 aliphatic heterocycles. The normalized spacial score (nSPS) is 43.8. The summed E-state index contributed by atoms with van der Waals surface area (Å²) in [5, 5.41) is 0. The van der Waals surface area contributed by atoms with Gasteiger partial charge < -0.3 is 0 Å². The van der Waals surface area contributed by atoms with Gasteiger partial charge in [-0.3, -0.25) is 0 Å². The van der Waals surface area contributed by atoms with E-state index in [0.29, 0.717) is 0 Å². The first-order valence-corrected chi connectivity index (χ1v) is 6.09. The van der Waals surface area contributed by atoms with Crippen molar-refractivity contribution in [3.05, 3.63) is 0 Å². The maximum atomic E-state index is 2.45. The molecule has 0 aromatic carbocycles. The standard InChI is InChI=1S/C13H24/c1-9(2)12-7-5-6-11-8-13(11,12)10(3)4/h9-12H,5-8H2,1-4H3. The van der Waals surface area contributed by atoms with E-state index in [9.17, 15) is 0 Å². The minimum absolute atomic E-state index is 0.784. The van der Waals surface area contributed by atoms with Gasteiger partial charge >= 0.3 is 0 Å². The largest absolute Gasteiger partial charge is 0.0625 e. The van der Waals surface area contributed by atoms with Crippen LogP contribution in [0, 0.1) is 29.1 Å². The minimum atomic E-state index is 0.784. The first-order chi connectivity index (χ1) is 6.09. The van der Waals surface area contributed by atoms with Crippen LogP contribution in [0.4, 0.5) is 0 Å². The molecule has 0 spiro atoms. The van der Waals surface area contributed by atoms with Crippen molar-refractivity contribution < 1.29 is 0 Å². The Kier molecular flexibility index (Phi) is 2.20. The van der Waals surface area contributed by atoms with E-state index in [1.807, 2.05) is 0 Å². The highest BCUT2D eigenvalue weighted by Gasteiger charge is 2.61. The van der Waals surface area contributed by atoms with Gasteiger partial charge in [0.05, 0.1) is 0 Å². The van der Waals surface area contributed by atoms with Crippen molar-refractivity contribution in [1.82, 2.24) is 0 Å². The second-order valence-electron chi connectivity index (χ2n) is 5.95. The van der Waals surface area contributed by atoms with Gasteiger partial charge in [0.2, 0.25) is 0 Å². The Bertz CT molecular complexity index is 192. The summed E-state index contributed by atoms with van der Waals surface area (Å²) in [4.78, 5) is 0. The summed E-state index contributed by atoms with van der Waals surface area (Å²) in [5.41, 5.74) is 0.784. The smallest absolute Gasteiger partial charge is 0.0212 e. The number of hydrogen-bond donors (Lipinski definition) is 0. The van der Waals surface area contributed by atoms with Crippen molar-refractivity contribution in [1.29, 1.82) is 0 Å². The Balaban J connectivity index is 2.16. The highest BCUT2D eigenvalue weighted by atomic mass is 14.7. The van der Waals surface area contributed by atoms with Gasteiger partial charge in [0, 0.05) is 0 Å². The lowest BCUT2D eigenvalue weighted by atomic mass is 9.67. The molecular weight excluding hydrogens is 156 g/mol. The summed E-state index contributed by atoms with van der Waals surface area (Å²) >= 11 is 0. The third-order valence-electron chi connectivity index (χ3n) is 4.84. The molecule has 0 saturated heterocycles. The van der Waals surface area contributed by atoms with E-state index >= 15 is 0 Å². The van der Waals surface area contributed by atoms with E-state index in [0.717, 1.165) is 29.1 Å². The zero-order chi connectivity index (χ0) is 9.64. The zero-order valence-electron chi connectivity index (χ0n) is 9.64. The Morgan fingerprint density at radius 3 is 2.23 bits per heavy atom. The lowest BCUT2D eigenvalue weighted by Crippen LogP contribution is -2.30. The van der Waals surface area contributed by atoms with Crippen LogP contribution in [0.3, 0.4) is 0 Å². The molecule has 2 aliphatic rings. The van der Waals surface area contributed by atoms with E-state index < -0.39 is 0 Å². The second kappa shape index (κ2) is 3.00. The van der Waals surface area contributed by atoms with E-state index in [2.05, 4.69) is 27.7 Å². The fourth-order valence-corrected chi connectivity index (χ4v) is 4.13. The molecule has 0 nitrogen and oxygen atoms in total. The third kappa shape index (κ3) is 1.25. The van der Waals surface area contributed by atoms with Crippen LogP contribution < -0.4 is 0 Å². The summed E-state index contributed by atoms with van der Waals surface area (Å²) < 4.78 is 0. The molecular formula is C13H24. The van der Waals surface area contributed by atoms with Crippen molar-refractivity contribution in [2.75, 3.05) is 0 Å². The minimum Gasteiger partial charge on any atom is -0.0625 e. The fourth-order valence-electron chi connectivity index (χ4n) is 4.13. The summed E-state index contributed by atoms with van der Waals surface area (Å²) in [6.07, 6.45) is 6.09. The van der Waals surface area contributed by atoms with Crippen molar-refractivity contribution in [3.8, 4) is 0 Å². The molecule has 0 aromatic rings. The van der Waals surface area contributed by atoms with Crippen LogP contribution in [0.15, 0.2) is 0 Å². The molecule has 3 atom stereocenters. The molecule has 0 N–H and O–H groups in total. The average molecular weight is 180 g/mol. The Morgan fingerprint density at radius 2 is 1.77 bits per heavy atom. The lowest BCUT2D eigenvalue weighted by molar-refractivity contribution is 0.111. The summed E-state index contributed by atoms with van der Waals surface area (Å²) in [6.45, 7) is 9.74. The molecule has 0 heterocycles. The second-order valence-corrected chi connectivity index (χ2v) is 5.95. The van der Waals surface area contributed by atoms with Crippen LogP contribution in [0.5, 0.6) is 0 Å². The first kappa shape index (κ1) is 9.55. The van der Waals surface area contributed by atoms with Crippen LogP contribution in [0.2, 0.25) is 0 Å². The summed E-state index contributed by atoms with van der Waals surface area (Å²) in [7, 11) is 0. The molecule has 0 amide bonds. The molecule has 0 radical (unpaired) electrons. The van der Waals surface area contributed by atoms with Crippen LogP contribution >= 0.6 is 0 Å². The first-order valence-electron chi connectivity index (χ1n) is 6.09. The van der Waals surface area contributed by atoms with Gasteiger partial charge in [0.25, 0.3) is 0 Å². The van der Waals surface area contributed by atoms with Gasteiger partial charge in [0.1, 0.15) is 0 Å². The summed E-state index contributed by atoms with van der Waals surface area (Å²) in [6, 6.07) is 0. The molecule has 0 bridgehead atoms. The quantitative estimate of drug-likeness (QED) is 0.600. The van der Waals surface area contributed by atoms with Crippen LogP contribution in [0.25, 0.3) is 0 Å². The van der Waals surface area contributed by atoms with Gasteiger partial charge in [-0.15, -0.1) is 0 Å². The van der Waals surface area contributed by atoms with E-state index in [1.165, 1.54) is 19.3 Å². The molecule has 0 aromatic heterocycles. The Labute approximate surface area is 83.1 Å². The molecule has 13 heavy (non-hydrogen) atoms. The molecule has 2 aliphatic carbocycles. The van der Waals surface area contributed by atoms with Gasteiger partial charge in [0.15, 0.2) is 0 Å². The summed E-state index contributed by atoms with van der Waals surface area (Å²) in [5.74, 6) is 3.97. The van der Waals surface area contributed by atoms with Gasteiger partial charge in [-0.05, 0) is 48.3 Å². The Hall–Kier alpha value is 0. The maximum absolute atomic E-state index is 2.45. The fraction of sp³-hybridized carbons (Fsp3) is 1.00. The van der Waals surface area contributed by atoms with Crippen molar-refractivity contribution in [2.24, 2.45) is 29.1 Å². The predicted octanol–water partition coefficient (Wildman–Crippen LogP) is 4.10. The average Bonchev–Trinajstić information content (AvgIpc) is 2.77. The number of fused-ring (bicyclic) bond motifs is 1. The van der Waals surface area contributed by atoms with E-state index in [4.69, 9.17) is 0 Å². The van der Waals surface area contributed by atoms with E-state index in [-0.39, 0.29) is 0 Å². The highest BCUT2D eigenvalue weighted by Crippen LogP contribution is 2.69. The molecule has 3 unspecified atom stereocenters. The number of rotatable bonds is 2. The van der Waals surface area contributed by atoms with Gasteiger partial charge in [-0.2, -0.15) is 0 Å². The van der Waals surface area contributed by atoms with Gasteiger partial charge in [-0.25, -0.2) is 0 Å². The zero-order valence-corrected chi connectivity index (χ0v) is 9.64. The maximum Gasteiger partial charge on any atom is -0.0212 e. The SMILES string of the molecule is CC(C)C1CCCC2CC21C(C)C. The van der Waals surface area contributed by atoms with Gasteiger partial charge in [-0.1, -0.05) is 34.1 Å². The van der Waals surface area contributed by atoms with Crippen LogP contribution in [0.1, 0.15) is 53.4 Å². The van der Waals surface area contributed by atoms with Crippen LogP contribution in [-0.2, 0) is 0 Å². The van der Waals surface area contributed by atoms with Crippen LogP contribution in [-0.4, -0.2) is 0 Å². The molecule has 76 valence electrons. The highest BCUT2D eigenvalue weighted by molar-refractivity contribution is 5.10. The topological polar surface area (TPSA) is 0 Å². The van der Waals surface area contributed by atoms with E-state index in [1.54, 1.807) is 6.42 Å². The molecule has 2 saturated carbocycles. The lowest BCUT2D eigenvalue weighted by Gasteiger charge is -2.38.